The molecule has 0 bridgehead atoms. The van der Waals surface area contributed by atoms with Crippen LogP contribution in [0.2, 0.25) is 0 Å². The van der Waals surface area contributed by atoms with Gasteiger partial charge in [0, 0.05) is 18.7 Å². The summed E-state index contributed by atoms with van der Waals surface area (Å²) in [6.45, 7) is 6.18. The molecule has 31 heavy (non-hydrogen) atoms. The van der Waals surface area contributed by atoms with Crippen molar-refractivity contribution in [2.75, 3.05) is 30.5 Å². The third-order valence-electron chi connectivity index (χ3n) is 5.68. The lowest BCUT2D eigenvalue weighted by molar-refractivity contribution is -0.384. The van der Waals surface area contributed by atoms with Crippen LogP contribution in [0.4, 0.5) is 11.4 Å². The van der Waals surface area contributed by atoms with Crippen LogP contribution in [0.25, 0.3) is 0 Å². The summed E-state index contributed by atoms with van der Waals surface area (Å²) in [5.74, 6) is 0.667. The van der Waals surface area contributed by atoms with Crippen molar-refractivity contribution in [3.8, 4) is 0 Å². The van der Waals surface area contributed by atoms with Crippen LogP contribution in [-0.4, -0.2) is 55.6 Å². The van der Waals surface area contributed by atoms with E-state index >= 15 is 0 Å². The van der Waals surface area contributed by atoms with Crippen molar-refractivity contribution in [3.63, 3.8) is 0 Å². The van der Waals surface area contributed by atoms with Gasteiger partial charge >= 0.3 is 0 Å². The van der Waals surface area contributed by atoms with E-state index in [4.69, 9.17) is 0 Å². The zero-order chi connectivity index (χ0) is 22.6. The van der Waals surface area contributed by atoms with Crippen LogP contribution in [0.3, 0.4) is 0 Å². The maximum absolute atomic E-state index is 13.4. The minimum Gasteiger partial charge on any atom is -0.390 e. The number of hydrogen-bond donors (Lipinski definition) is 1. The van der Waals surface area contributed by atoms with E-state index in [2.05, 4.69) is 11.8 Å². The fraction of sp³-hybridized carbons (Fsp3) is 0.455. The number of likely N-dealkylation sites (tertiary alicyclic amines) is 1. The number of β-amino-alcohol motifs (C(OH)–C–C–N with tert-alkyl or cyclic N) is 1. The second-order valence-corrected chi connectivity index (χ2v) is 10.1. The van der Waals surface area contributed by atoms with Crippen molar-refractivity contribution in [1.82, 2.24) is 4.90 Å². The number of rotatable bonds is 8. The Hall–Kier alpha value is -2.49. The Morgan fingerprint density at radius 1 is 1.13 bits per heavy atom. The minimum absolute atomic E-state index is 0.0577. The summed E-state index contributed by atoms with van der Waals surface area (Å²) < 4.78 is 28.0. The average Bonchev–Trinajstić information content (AvgIpc) is 2.74. The molecule has 1 atom stereocenters. The zero-order valence-electron chi connectivity index (χ0n) is 17.8. The number of nitro benzene ring substituents is 1. The largest absolute Gasteiger partial charge is 0.390 e. The number of benzene rings is 2. The maximum atomic E-state index is 13.4. The molecule has 0 aromatic heterocycles. The fourth-order valence-electron chi connectivity index (χ4n) is 3.71. The van der Waals surface area contributed by atoms with E-state index in [1.165, 1.54) is 28.6 Å². The third kappa shape index (κ3) is 5.81. The summed E-state index contributed by atoms with van der Waals surface area (Å²) in [4.78, 5) is 12.4. The molecule has 3 rings (SSSR count). The molecule has 0 unspecified atom stereocenters. The lowest BCUT2D eigenvalue weighted by Gasteiger charge is -2.33. The smallest absolute Gasteiger partial charge is 0.269 e. The van der Waals surface area contributed by atoms with Crippen LogP contribution in [0.5, 0.6) is 0 Å². The summed E-state index contributed by atoms with van der Waals surface area (Å²) in [5.41, 5.74) is 1.25. The van der Waals surface area contributed by atoms with Gasteiger partial charge in [-0.15, -0.1) is 0 Å². The van der Waals surface area contributed by atoms with Gasteiger partial charge < -0.3 is 10.0 Å². The first-order valence-electron chi connectivity index (χ1n) is 10.4. The molecule has 1 aliphatic rings. The predicted molar refractivity (Wildman–Crippen MR) is 120 cm³/mol. The Bertz CT molecular complexity index is 985. The van der Waals surface area contributed by atoms with Crippen molar-refractivity contribution in [2.45, 2.75) is 37.7 Å². The monoisotopic (exact) mass is 447 g/mol. The van der Waals surface area contributed by atoms with Gasteiger partial charge in [-0.3, -0.25) is 14.4 Å². The number of piperidine rings is 1. The van der Waals surface area contributed by atoms with Gasteiger partial charge in [-0.2, -0.15) is 0 Å². The number of aryl methyl sites for hydroxylation is 1. The first-order valence-corrected chi connectivity index (χ1v) is 11.8. The molecule has 1 fully saturated rings. The van der Waals surface area contributed by atoms with Crippen LogP contribution in [0, 0.1) is 23.0 Å². The molecule has 0 spiro atoms. The molecule has 0 radical (unpaired) electrons. The Morgan fingerprint density at radius 3 is 2.26 bits per heavy atom. The van der Waals surface area contributed by atoms with E-state index < -0.39 is 21.1 Å². The van der Waals surface area contributed by atoms with Crippen molar-refractivity contribution in [3.05, 3.63) is 64.2 Å². The van der Waals surface area contributed by atoms with Gasteiger partial charge in [-0.25, -0.2) is 8.42 Å². The molecule has 1 saturated heterocycles. The first-order chi connectivity index (χ1) is 14.7. The summed E-state index contributed by atoms with van der Waals surface area (Å²) in [5, 5.41) is 21.7. The van der Waals surface area contributed by atoms with Crippen molar-refractivity contribution < 1.29 is 18.4 Å². The highest BCUT2D eigenvalue weighted by Crippen LogP contribution is 2.26. The minimum atomic E-state index is -4.02. The van der Waals surface area contributed by atoms with Crippen LogP contribution >= 0.6 is 0 Å². The summed E-state index contributed by atoms with van der Waals surface area (Å²) in [6.07, 6.45) is 1.26. The number of aliphatic hydroxyl groups excluding tert-OH is 1. The van der Waals surface area contributed by atoms with Crippen LogP contribution in [0.1, 0.15) is 25.3 Å². The molecule has 0 aliphatic carbocycles. The van der Waals surface area contributed by atoms with E-state index in [1.54, 1.807) is 12.1 Å². The number of nitro groups is 1. The number of nitrogens with zero attached hydrogens (tertiary/aromatic N) is 3. The number of anilines is 1. The molecule has 168 valence electrons. The lowest BCUT2D eigenvalue weighted by atomic mass is 9.99. The molecule has 0 amide bonds. The third-order valence-corrected chi connectivity index (χ3v) is 7.49. The van der Waals surface area contributed by atoms with Crippen LogP contribution in [-0.2, 0) is 10.0 Å². The van der Waals surface area contributed by atoms with E-state index in [-0.39, 0.29) is 17.1 Å². The summed E-state index contributed by atoms with van der Waals surface area (Å²) in [6, 6.07) is 11.8. The van der Waals surface area contributed by atoms with Crippen molar-refractivity contribution in [1.29, 1.82) is 0 Å². The zero-order valence-corrected chi connectivity index (χ0v) is 18.7. The molecule has 1 N–H and O–H groups in total. The van der Waals surface area contributed by atoms with Gasteiger partial charge in [-0.05, 0) is 63.0 Å². The van der Waals surface area contributed by atoms with E-state index in [9.17, 15) is 23.6 Å². The molecule has 0 saturated carbocycles. The highest BCUT2D eigenvalue weighted by Gasteiger charge is 2.29. The number of sulfonamides is 1. The Morgan fingerprint density at radius 2 is 1.71 bits per heavy atom. The SMILES string of the molecule is Cc1ccc(N(C[C@@H](O)CN2CCC(C)CC2)S(=O)(=O)c2ccc([N+](=O)[O-])cc2)cc1. The molecule has 8 nitrogen and oxygen atoms in total. The van der Waals surface area contributed by atoms with Crippen LogP contribution < -0.4 is 4.31 Å². The fourth-order valence-corrected chi connectivity index (χ4v) is 5.21. The van der Waals surface area contributed by atoms with Gasteiger partial charge in [0.25, 0.3) is 15.7 Å². The second-order valence-electron chi connectivity index (χ2n) is 8.26. The van der Waals surface area contributed by atoms with Gasteiger partial charge in [-0.1, -0.05) is 24.6 Å². The molecule has 9 heteroatoms. The first kappa shape index (κ1) is 23.2. The molecule has 1 aliphatic heterocycles. The number of non-ortho nitro benzene ring substituents is 1. The van der Waals surface area contributed by atoms with Gasteiger partial charge in [0.15, 0.2) is 0 Å². The maximum Gasteiger partial charge on any atom is 0.269 e. The Kier molecular flexibility index (Phi) is 7.30. The standard InChI is InChI=1S/C22H29N3O5S/c1-17-3-5-19(6-4-17)24(16-21(26)15-23-13-11-18(2)12-14-23)31(29,30)22-9-7-20(8-10-22)25(27)28/h3-10,18,21,26H,11-16H2,1-2H3/t21-/m0/s1. The van der Waals surface area contributed by atoms with Crippen molar-refractivity contribution >= 4 is 21.4 Å². The quantitative estimate of drug-likeness (QED) is 0.492. The second kappa shape index (κ2) is 9.76. The summed E-state index contributed by atoms with van der Waals surface area (Å²) in [7, 11) is -4.02. The van der Waals surface area contributed by atoms with E-state index in [0.29, 0.717) is 18.2 Å². The van der Waals surface area contributed by atoms with E-state index in [1.807, 2.05) is 19.1 Å². The normalized spacial score (nSPS) is 16.7. The summed E-state index contributed by atoms with van der Waals surface area (Å²) >= 11 is 0. The number of aliphatic hydroxyl groups is 1. The lowest BCUT2D eigenvalue weighted by Crippen LogP contribution is -2.44. The van der Waals surface area contributed by atoms with Gasteiger partial charge in [0.1, 0.15) is 0 Å². The molecule has 1 heterocycles. The predicted octanol–water partition coefficient (Wildman–Crippen LogP) is 3.19. The highest BCUT2D eigenvalue weighted by atomic mass is 32.2. The molecule has 2 aromatic rings. The Balaban J connectivity index is 1.85. The van der Waals surface area contributed by atoms with Crippen molar-refractivity contribution in [2.24, 2.45) is 5.92 Å². The molecule has 2 aromatic carbocycles. The highest BCUT2D eigenvalue weighted by molar-refractivity contribution is 7.92. The molecular formula is C22H29N3O5S. The topological polar surface area (TPSA) is 104 Å². The van der Waals surface area contributed by atoms with Gasteiger partial charge in [0.2, 0.25) is 0 Å². The van der Waals surface area contributed by atoms with Gasteiger partial charge in [0.05, 0.1) is 28.2 Å². The molecular weight excluding hydrogens is 418 g/mol. The average molecular weight is 448 g/mol. The number of hydrogen-bond acceptors (Lipinski definition) is 6. The Labute approximate surface area is 183 Å². The van der Waals surface area contributed by atoms with E-state index in [0.717, 1.165) is 31.5 Å². The van der Waals surface area contributed by atoms with Crippen LogP contribution in [0.15, 0.2) is 53.4 Å².